The zero-order valence-corrected chi connectivity index (χ0v) is 4.72. The Morgan fingerprint density at radius 1 is 1.71 bits per heavy atom. The molecule has 0 saturated heterocycles. The van der Waals surface area contributed by atoms with E-state index in [0.29, 0.717) is 0 Å². The summed E-state index contributed by atoms with van der Waals surface area (Å²) in [6.45, 7) is 1.86. The Balaban J connectivity index is 1.97. The van der Waals surface area contributed by atoms with Crippen LogP contribution in [0.15, 0.2) is 0 Å². The highest BCUT2D eigenvalue weighted by Gasteiger charge is 2.22. The Morgan fingerprint density at radius 2 is 2.29 bits per heavy atom. The molecule has 42 valence electrons. The maximum atomic E-state index is 8.76. The molecule has 0 aromatic carbocycles. The Labute approximate surface area is 44.4 Å². The van der Waals surface area contributed by atoms with Gasteiger partial charge >= 0.3 is 0 Å². The second kappa shape index (κ2) is 1.83. The van der Waals surface area contributed by atoms with Crippen molar-refractivity contribution in [2.75, 3.05) is 0 Å². The molecule has 1 aliphatic rings. The van der Waals surface area contributed by atoms with Crippen molar-refractivity contribution < 1.29 is 5.11 Å². The van der Waals surface area contributed by atoms with Crippen LogP contribution in [-0.2, 0) is 0 Å². The summed E-state index contributed by atoms with van der Waals surface area (Å²) in [5.41, 5.74) is 0. The van der Waals surface area contributed by atoms with Gasteiger partial charge in [0.2, 0.25) is 0 Å². The van der Waals surface area contributed by atoms with Crippen LogP contribution in [0, 0.1) is 5.92 Å². The third-order valence-corrected chi connectivity index (χ3v) is 1.37. The summed E-state index contributed by atoms with van der Waals surface area (Å²) < 4.78 is 0. The van der Waals surface area contributed by atoms with Crippen LogP contribution < -0.4 is 0 Å². The number of aliphatic hydroxyl groups excluding tert-OH is 1. The second-order valence-corrected chi connectivity index (χ2v) is 2.53. The minimum atomic E-state index is -0.0625. The molecular formula is C6H12O. The first-order valence-corrected chi connectivity index (χ1v) is 2.97. The molecule has 0 amide bonds. The molecule has 0 aromatic heterocycles. The zero-order valence-electron chi connectivity index (χ0n) is 4.72. The van der Waals surface area contributed by atoms with E-state index in [1.165, 1.54) is 12.8 Å². The molecule has 1 N–H and O–H groups in total. The molecule has 0 bridgehead atoms. The number of hydrogen-bond acceptors (Lipinski definition) is 1. The molecule has 1 saturated carbocycles. The van der Waals surface area contributed by atoms with Gasteiger partial charge < -0.3 is 5.11 Å². The van der Waals surface area contributed by atoms with E-state index in [9.17, 15) is 0 Å². The Bertz CT molecular complexity index is 55.2. The molecule has 0 aliphatic heterocycles. The molecule has 7 heavy (non-hydrogen) atoms. The van der Waals surface area contributed by atoms with Crippen LogP contribution >= 0.6 is 0 Å². The number of rotatable bonds is 2. The van der Waals surface area contributed by atoms with Crippen LogP contribution in [0.3, 0.4) is 0 Å². The lowest BCUT2D eigenvalue weighted by Gasteiger charge is -1.97. The van der Waals surface area contributed by atoms with E-state index in [1.807, 2.05) is 6.92 Å². The molecule has 1 fully saturated rings. The minimum Gasteiger partial charge on any atom is -0.393 e. The largest absolute Gasteiger partial charge is 0.393 e. The van der Waals surface area contributed by atoms with Crippen LogP contribution in [0.25, 0.3) is 0 Å². The van der Waals surface area contributed by atoms with Gasteiger partial charge in [-0.1, -0.05) is 12.8 Å². The highest BCUT2D eigenvalue weighted by Crippen LogP contribution is 2.33. The predicted octanol–water partition coefficient (Wildman–Crippen LogP) is 1.17. The third kappa shape index (κ3) is 1.93. The maximum absolute atomic E-state index is 8.76. The van der Waals surface area contributed by atoms with Gasteiger partial charge in [0.25, 0.3) is 0 Å². The van der Waals surface area contributed by atoms with Crippen molar-refractivity contribution in [3.63, 3.8) is 0 Å². The monoisotopic (exact) mass is 100 g/mol. The SMILES string of the molecule is C[C@@H](O)CC1CC1. The van der Waals surface area contributed by atoms with Crippen molar-refractivity contribution in [2.24, 2.45) is 5.92 Å². The van der Waals surface area contributed by atoms with Gasteiger partial charge in [0.05, 0.1) is 6.10 Å². The van der Waals surface area contributed by atoms with E-state index in [-0.39, 0.29) is 6.10 Å². The summed E-state index contributed by atoms with van der Waals surface area (Å²) in [5.74, 6) is 0.875. The van der Waals surface area contributed by atoms with Crippen LogP contribution in [0.5, 0.6) is 0 Å². The highest BCUT2D eigenvalue weighted by atomic mass is 16.3. The van der Waals surface area contributed by atoms with Gasteiger partial charge in [-0.2, -0.15) is 0 Å². The van der Waals surface area contributed by atoms with Crippen molar-refractivity contribution in [1.82, 2.24) is 0 Å². The average Bonchev–Trinajstić information content (AvgIpc) is 2.17. The van der Waals surface area contributed by atoms with Gasteiger partial charge in [-0.15, -0.1) is 0 Å². The van der Waals surface area contributed by atoms with E-state index < -0.39 is 0 Å². The average molecular weight is 100 g/mol. The molecule has 1 aliphatic carbocycles. The van der Waals surface area contributed by atoms with E-state index in [0.717, 1.165) is 12.3 Å². The fraction of sp³-hybridized carbons (Fsp3) is 1.00. The van der Waals surface area contributed by atoms with Crippen molar-refractivity contribution >= 4 is 0 Å². The normalized spacial score (nSPS) is 24.9. The summed E-state index contributed by atoms with van der Waals surface area (Å²) in [6.07, 6.45) is 3.67. The lowest BCUT2D eigenvalue weighted by Crippen LogP contribution is -1.98. The van der Waals surface area contributed by atoms with Crippen molar-refractivity contribution in [3.8, 4) is 0 Å². The van der Waals surface area contributed by atoms with E-state index in [2.05, 4.69) is 0 Å². The molecule has 1 rings (SSSR count). The molecule has 1 atom stereocenters. The highest BCUT2D eigenvalue weighted by molar-refractivity contribution is 4.74. The molecular weight excluding hydrogens is 88.1 g/mol. The summed E-state index contributed by atoms with van der Waals surface area (Å²) in [7, 11) is 0. The lowest BCUT2D eigenvalue weighted by atomic mass is 10.2. The molecule has 0 spiro atoms. The van der Waals surface area contributed by atoms with Gasteiger partial charge in [0.1, 0.15) is 0 Å². The van der Waals surface area contributed by atoms with Crippen molar-refractivity contribution in [1.29, 1.82) is 0 Å². The van der Waals surface area contributed by atoms with E-state index >= 15 is 0 Å². The van der Waals surface area contributed by atoms with Gasteiger partial charge in [-0.05, 0) is 19.3 Å². The van der Waals surface area contributed by atoms with Crippen molar-refractivity contribution in [3.05, 3.63) is 0 Å². The minimum absolute atomic E-state index is 0.0625. The third-order valence-electron chi connectivity index (χ3n) is 1.37. The Hall–Kier alpha value is -0.0400. The zero-order chi connectivity index (χ0) is 5.28. The smallest absolute Gasteiger partial charge is 0.0514 e. The summed E-state index contributed by atoms with van der Waals surface area (Å²) in [6, 6.07) is 0. The second-order valence-electron chi connectivity index (χ2n) is 2.53. The molecule has 0 heterocycles. The molecule has 0 radical (unpaired) electrons. The molecule has 0 unspecified atom stereocenters. The van der Waals surface area contributed by atoms with Gasteiger partial charge in [0.15, 0.2) is 0 Å². The van der Waals surface area contributed by atoms with Gasteiger partial charge in [-0.3, -0.25) is 0 Å². The first-order chi connectivity index (χ1) is 3.29. The first-order valence-electron chi connectivity index (χ1n) is 2.97. The summed E-state index contributed by atoms with van der Waals surface area (Å²) in [4.78, 5) is 0. The Kier molecular flexibility index (Phi) is 1.33. The molecule has 1 nitrogen and oxygen atoms in total. The topological polar surface area (TPSA) is 20.2 Å². The summed E-state index contributed by atoms with van der Waals surface area (Å²) in [5, 5.41) is 8.76. The summed E-state index contributed by atoms with van der Waals surface area (Å²) >= 11 is 0. The van der Waals surface area contributed by atoms with E-state index in [4.69, 9.17) is 5.11 Å². The predicted molar refractivity (Wildman–Crippen MR) is 29.0 cm³/mol. The standard InChI is InChI=1S/C6H12O/c1-5(7)4-6-2-3-6/h5-7H,2-4H2,1H3/t5-/m1/s1. The first kappa shape index (κ1) is 5.10. The number of hydrogen-bond donors (Lipinski definition) is 1. The van der Waals surface area contributed by atoms with Crippen LogP contribution in [0.2, 0.25) is 0 Å². The fourth-order valence-corrected chi connectivity index (χ4v) is 0.836. The van der Waals surface area contributed by atoms with Gasteiger partial charge in [0, 0.05) is 0 Å². The molecule has 0 aromatic rings. The number of aliphatic hydroxyl groups is 1. The van der Waals surface area contributed by atoms with Crippen LogP contribution in [0.4, 0.5) is 0 Å². The maximum Gasteiger partial charge on any atom is 0.0514 e. The fourth-order valence-electron chi connectivity index (χ4n) is 0.836. The Morgan fingerprint density at radius 3 is 2.43 bits per heavy atom. The van der Waals surface area contributed by atoms with Crippen LogP contribution in [0.1, 0.15) is 26.2 Å². The van der Waals surface area contributed by atoms with E-state index in [1.54, 1.807) is 0 Å². The van der Waals surface area contributed by atoms with Gasteiger partial charge in [-0.25, -0.2) is 0 Å². The van der Waals surface area contributed by atoms with Crippen molar-refractivity contribution in [2.45, 2.75) is 32.3 Å². The lowest BCUT2D eigenvalue weighted by molar-refractivity contribution is 0.177. The van der Waals surface area contributed by atoms with Crippen LogP contribution in [-0.4, -0.2) is 11.2 Å². The molecule has 1 heteroatoms. The quantitative estimate of drug-likeness (QED) is 0.552.